The maximum absolute atomic E-state index is 3.48. The number of anilines is 1. The van der Waals surface area contributed by atoms with E-state index in [4.69, 9.17) is 0 Å². The van der Waals surface area contributed by atoms with Crippen LogP contribution in [-0.2, 0) is 5.54 Å². The van der Waals surface area contributed by atoms with Crippen molar-refractivity contribution in [1.29, 1.82) is 0 Å². The van der Waals surface area contributed by atoms with Crippen LogP contribution in [0.3, 0.4) is 0 Å². The van der Waals surface area contributed by atoms with Crippen molar-refractivity contribution < 1.29 is 0 Å². The Morgan fingerprint density at radius 1 is 1.13 bits per heavy atom. The van der Waals surface area contributed by atoms with Gasteiger partial charge in [-0.15, -0.1) is 11.3 Å². The van der Waals surface area contributed by atoms with E-state index in [2.05, 4.69) is 96.6 Å². The smallest absolute Gasteiger partial charge is 0.0621 e. The topological polar surface area (TPSA) is 25.5 Å². The summed E-state index contributed by atoms with van der Waals surface area (Å²) in [5, 5.41) is 3.54. The van der Waals surface area contributed by atoms with Gasteiger partial charge in [0.1, 0.15) is 0 Å². The van der Waals surface area contributed by atoms with E-state index in [1.54, 1.807) is 0 Å². The molecule has 0 spiro atoms. The number of likely N-dealkylation sites (tertiary alicyclic amines) is 1. The van der Waals surface area contributed by atoms with Crippen molar-refractivity contribution in [3.63, 3.8) is 0 Å². The van der Waals surface area contributed by atoms with Crippen molar-refractivity contribution >= 4 is 27.9 Å². The van der Waals surface area contributed by atoms with Crippen LogP contribution in [0.25, 0.3) is 10.9 Å². The van der Waals surface area contributed by atoms with Crippen LogP contribution in [0.5, 0.6) is 0 Å². The van der Waals surface area contributed by atoms with Gasteiger partial charge in [0.2, 0.25) is 0 Å². The van der Waals surface area contributed by atoms with E-state index in [1.807, 2.05) is 11.3 Å². The minimum absolute atomic E-state index is 0.210. The Morgan fingerprint density at radius 3 is 2.53 bits per heavy atom. The SMILES string of the molecule is CC(C)c1ccc2c(N(C)CCN3CCC(c4cccs4)(N(C)C)CC3)c[nH]c2c1. The molecule has 0 atom stereocenters. The van der Waals surface area contributed by atoms with Crippen molar-refractivity contribution in [2.45, 2.75) is 38.1 Å². The highest BCUT2D eigenvalue weighted by Gasteiger charge is 2.38. The number of H-pyrrole nitrogens is 1. The third-order valence-corrected chi connectivity index (χ3v) is 8.10. The number of hydrogen-bond donors (Lipinski definition) is 1. The van der Waals surface area contributed by atoms with Gasteiger partial charge in [-0.25, -0.2) is 0 Å². The highest BCUT2D eigenvalue weighted by Crippen LogP contribution is 2.39. The Balaban J connectivity index is 1.37. The number of fused-ring (bicyclic) bond motifs is 1. The molecule has 0 bridgehead atoms. The van der Waals surface area contributed by atoms with E-state index < -0.39 is 0 Å². The van der Waals surface area contributed by atoms with Crippen LogP contribution < -0.4 is 4.90 Å². The van der Waals surface area contributed by atoms with Gasteiger partial charge in [0.05, 0.1) is 11.2 Å². The molecule has 162 valence electrons. The van der Waals surface area contributed by atoms with Crippen molar-refractivity contribution in [3.05, 3.63) is 52.3 Å². The molecule has 1 N–H and O–H groups in total. The van der Waals surface area contributed by atoms with Gasteiger partial charge >= 0.3 is 0 Å². The molecule has 1 aliphatic rings. The zero-order valence-electron chi connectivity index (χ0n) is 19.1. The molecular weight excluding hydrogens is 388 g/mol. The van der Waals surface area contributed by atoms with Crippen LogP contribution in [0, 0.1) is 0 Å². The minimum Gasteiger partial charge on any atom is -0.372 e. The predicted octanol–water partition coefficient (Wildman–Crippen LogP) is 5.34. The number of benzene rings is 1. The fraction of sp³-hybridized carbons (Fsp3) is 0.520. The molecule has 0 radical (unpaired) electrons. The Morgan fingerprint density at radius 2 is 1.90 bits per heavy atom. The van der Waals surface area contributed by atoms with E-state index in [-0.39, 0.29) is 5.54 Å². The molecule has 30 heavy (non-hydrogen) atoms. The lowest BCUT2D eigenvalue weighted by Gasteiger charge is -2.46. The van der Waals surface area contributed by atoms with Gasteiger partial charge in [-0.3, -0.25) is 4.90 Å². The van der Waals surface area contributed by atoms with Crippen LogP contribution in [0.4, 0.5) is 5.69 Å². The standard InChI is InChI=1S/C25H36N4S/c1-19(2)20-8-9-21-22(17-20)26-18-23(21)28(5)14-15-29-12-10-25(11-13-29,27(3)4)24-7-6-16-30-24/h6-9,16-19,26H,10-15H2,1-5H3. The first-order chi connectivity index (χ1) is 14.4. The monoisotopic (exact) mass is 424 g/mol. The Hall–Kier alpha value is -1.82. The molecule has 4 nitrogen and oxygen atoms in total. The molecule has 0 amide bonds. The molecule has 3 heterocycles. The zero-order chi connectivity index (χ0) is 21.3. The normalized spacial score (nSPS) is 17.3. The van der Waals surface area contributed by atoms with Crippen LogP contribution >= 0.6 is 11.3 Å². The lowest BCUT2D eigenvalue weighted by Crippen LogP contribution is -2.51. The maximum atomic E-state index is 3.48. The minimum atomic E-state index is 0.210. The van der Waals surface area contributed by atoms with Gasteiger partial charge in [-0.05, 0) is 55.9 Å². The van der Waals surface area contributed by atoms with Gasteiger partial charge in [-0.2, -0.15) is 0 Å². The molecule has 1 aliphatic heterocycles. The second-order valence-electron chi connectivity index (χ2n) is 9.30. The summed E-state index contributed by atoms with van der Waals surface area (Å²) in [7, 11) is 6.70. The molecule has 4 rings (SSSR count). The molecular formula is C25H36N4S. The Bertz CT molecular complexity index is 949. The average molecular weight is 425 g/mol. The molecule has 2 aromatic heterocycles. The molecule has 1 saturated heterocycles. The van der Waals surface area contributed by atoms with Gasteiger partial charge in [0.25, 0.3) is 0 Å². The van der Waals surface area contributed by atoms with Gasteiger partial charge in [0.15, 0.2) is 0 Å². The van der Waals surface area contributed by atoms with E-state index in [0.717, 1.165) is 26.2 Å². The second-order valence-corrected chi connectivity index (χ2v) is 10.2. The molecule has 3 aromatic rings. The van der Waals surface area contributed by atoms with E-state index >= 15 is 0 Å². The van der Waals surface area contributed by atoms with Crippen LogP contribution in [0.1, 0.15) is 43.0 Å². The summed E-state index contributed by atoms with van der Waals surface area (Å²) in [6.07, 6.45) is 4.57. The third kappa shape index (κ3) is 4.03. The molecule has 1 aromatic carbocycles. The number of thiophene rings is 1. The first-order valence-corrected chi connectivity index (χ1v) is 12.0. The lowest BCUT2D eigenvalue weighted by atomic mass is 9.84. The van der Waals surface area contributed by atoms with Crippen LogP contribution in [0.2, 0.25) is 0 Å². The molecule has 0 aliphatic carbocycles. The van der Waals surface area contributed by atoms with E-state index in [0.29, 0.717) is 5.92 Å². The zero-order valence-corrected chi connectivity index (χ0v) is 19.9. The Kier molecular flexibility index (Phi) is 6.24. The van der Waals surface area contributed by atoms with E-state index in [1.165, 1.54) is 39.9 Å². The summed E-state index contributed by atoms with van der Waals surface area (Å²) in [6.45, 7) is 8.98. The van der Waals surface area contributed by atoms with Crippen molar-refractivity contribution in [1.82, 2.24) is 14.8 Å². The largest absolute Gasteiger partial charge is 0.372 e. The number of nitrogens with zero attached hydrogens (tertiary/aromatic N) is 3. The first kappa shape index (κ1) is 21.4. The number of hydrogen-bond acceptors (Lipinski definition) is 4. The highest BCUT2D eigenvalue weighted by molar-refractivity contribution is 7.10. The molecule has 5 heteroatoms. The molecule has 0 unspecified atom stereocenters. The van der Waals surface area contributed by atoms with Crippen molar-refractivity contribution in [2.75, 3.05) is 52.2 Å². The summed E-state index contributed by atoms with van der Waals surface area (Å²) < 4.78 is 0. The first-order valence-electron chi connectivity index (χ1n) is 11.2. The number of rotatable bonds is 7. The van der Waals surface area contributed by atoms with Crippen molar-refractivity contribution in [2.24, 2.45) is 0 Å². The van der Waals surface area contributed by atoms with Crippen LogP contribution in [0.15, 0.2) is 41.9 Å². The quantitative estimate of drug-likeness (QED) is 0.554. The maximum Gasteiger partial charge on any atom is 0.0621 e. The number of aromatic nitrogens is 1. The number of likely N-dealkylation sites (N-methyl/N-ethyl adjacent to an activating group) is 1. The van der Waals surface area contributed by atoms with E-state index in [9.17, 15) is 0 Å². The summed E-state index contributed by atoms with van der Waals surface area (Å²) in [4.78, 5) is 12.5. The van der Waals surface area contributed by atoms with Crippen LogP contribution in [-0.4, -0.2) is 62.1 Å². The molecule has 1 fully saturated rings. The van der Waals surface area contributed by atoms with Gasteiger partial charge in [-0.1, -0.05) is 32.0 Å². The summed E-state index contributed by atoms with van der Waals surface area (Å²) in [5.74, 6) is 0.557. The summed E-state index contributed by atoms with van der Waals surface area (Å²) in [6, 6.07) is 11.4. The number of nitrogens with one attached hydrogen (secondary N) is 1. The second kappa shape index (κ2) is 8.74. The summed E-state index contributed by atoms with van der Waals surface area (Å²) >= 11 is 1.91. The predicted molar refractivity (Wildman–Crippen MR) is 131 cm³/mol. The highest BCUT2D eigenvalue weighted by atomic mass is 32.1. The van der Waals surface area contributed by atoms with Crippen molar-refractivity contribution in [3.8, 4) is 0 Å². The average Bonchev–Trinajstić information content (AvgIpc) is 3.42. The summed E-state index contributed by atoms with van der Waals surface area (Å²) in [5.41, 5.74) is 4.15. The fourth-order valence-electron chi connectivity index (χ4n) is 4.82. The molecule has 0 saturated carbocycles. The number of piperidine rings is 1. The van der Waals surface area contributed by atoms with Gasteiger partial charge in [0, 0.05) is 55.2 Å². The lowest BCUT2D eigenvalue weighted by molar-refractivity contribution is 0.0580. The third-order valence-electron chi connectivity index (χ3n) is 7.03. The fourth-order valence-corrected chi connectivity index (χ4v) is 5.89. The number of aromatic amines is 1. The Labute approximate surface area is 185 Å². The van der Waals surface area contributed by atoms with Gasteiger partial charge < -0.3 is 14.8 Å².